The minimum absolute atomic E-state index is 0.0931. The molecule has 0 aliphatic rings. The van der Waals surface area contributed by atoms with Gasteiger partial charge in [-0.1, -0.05) is 42.5 Å². The Morgan fingerprint density at radius 2 is 1.71 bits per heavy atom. The molecule has 0 atom stereocenters. The van der Waals surface area contributed by atoms with E-state index in [1.165, 1.54) is 0 Å². The Hall–Kier alpha value is -3.14. The summed E-state index contributed by atoms with van der Waals surface area (Å²) in [5.41, 5.74) is 3.98. The fourth-order valence-corrected chi connectivity index (χ4v) is 2.50. The molecule has 3 rings (SSSR count). The van der Waals surface area contributed by atoms with Gasteiger partial charge in [0.05, 0.1) is 0 Å². The van der Waals surface area contributed by atoms with Crippen molar-refractivity contribution in [1.82, 2.24) is 4.98 Å². The van der Waals surface area contributed by atoms with Crippen molar-refractivity contribution in [2.75, 3.05) is 5.32 Å². The van der Waals surface area contributed by atoms with Crippen LogP contribution in [0.5, 0.6) is 0 Å². The molecule has 0 saturated heterocycles. The quantitative estimate of drug-likeness (QED) is 0.769. The van der Waals surface area contributed by atoms with E-state index < -0.39 is 11.5 Å². The van der Waals surface area contributed by atoms with Crippen LogP contribution in [-0.2, 0) is 0 Å². The average molecular weight is 318 g/mol. The Bertz CT molecular complexity index is 943. The summed E-state index contributed by atoms with van der Waals surface area (Å²) in [6.07, 6.45) is 0. The van der Waals surface area contributed by atoms with Crippen molar-refractivity contribution < 1.29 is 4.79 Å². The fraction of sp³-hybridized carbons (Fsp3) is 0.100. The van der Waals surface area contributed by atoms with E-state index in [9.17, 15) is 9.59 Å². The number of aromatic nitrogens is 1. The minimum atomic E-state index is -0.412. The van der Waals surface area contributed by atoms with Gasteiger partial charge in [-0.05, 0) is 48.7 Å². The molecule has 4 heteroatoms. The largest absolute Gasteiger partial charge is 0.322 e. The number of anilines is 1. The van der Waals surface area contributed by atoms with Crippen LogP contribution in [0, 0.1) is 13.8 Å². The van der Waals surface area contributed by atoms with Gasteiger partial charge in [-0.2, -0.15) is 0 Å². The molecule has 24 heavy (non-hydrogen) atoms. The second-order valence-corrected chi connectivity index (χ2v) is 5.75. The first-order valence-corrected chi connectivity index (χ1v) is 7.72. The average Bonchev–Trinajstić information content (AvgIpc) is 2.58. The van der Waals surface area contributed by atoms with Crippen molar-refractivity contribution in [3.05, 3.63) is 87.7 Å². The monoisotopic (exact) mass is 318 g/mol. The van der Waals surface area contributed by atoms with Crippen LogP contribution in [0.3, 0.4) is 0 Å². The van der Waals surface area contributed by atoms with Crippen LogP contribution < -0.4 is 10.9 Å². The Balaban J connectivity index is 1.88. The maximum atomic E-state index is 12.4. The van der Waals surface area contributed by atoms with Crippen LogP contribution in [0.25, 0.3) is 11.3 Å². The fourth-order valence-electron chi connectivity index (χ4n) is 2.50. The molecule has 2 aromatic carbocycles. The molecule has 0 fully saturated rings. The molecule has 1 amide bonds. The van der Waals surface area contributed by atoms with E-state index in [4.69, 9.17) is 0 Å². The molecule has 1 aromatic heterocycles. The number of hydrogen-bond donors (Lipinski definition) is 2. The van der Waals surface area contributed by atoms with Crippen LogP contribution in [0.15, 0.2) is 65.5 Å². The van der Waals surface area contributed by atoms with Crippen molar-refractivity contribution in [3.63, 3.8) is 0 Å². The summed E-state index contributed by atoms with van der Waals surface area (Å²) in [5, 5.41) is 2.81. The van der Waals surface area contributed by atoms with Crippen molar-refractivity contribution in [3.8, 4) is 11.3 Å². The number of rotatable bonds is 3. The molecule has 0 spiro atoms. The third-order valence-electron chi connectivity index (χ3n) is 3.88. The summed E-state index contributed by atoms with van der Waals surface area (Å²) < 4.78 is 0. The molecule has 0 aliphatic carbocycles. The van der Waals surface area contributed by atoms with Gasteiger partial charge in [0.15, 0.2) is 0 Å². The van der Waals surface area contributed by atoms with Gasteiger partial charge >= 0.3 is 0 Å². The number of carbonyl (C=O) groups is 1. The number of H-pyrrole nitrogens is 1. The highest BCUT2D eigenvalue weighted by atomic mass is 16.2. The Labute approximate surface area is 140 Å². The highest BCUT2D eigenvalue weighted by Gasteiger charge is 2.13. The summed E-state index contributed by atoms with van der Waals surface area (Å²) >= 11 is 0. The van der Waals surface area contributed by atoms with Crippen molar-refractivity contribution >= 4 is 11.6 Å². The van der Waals surface area contributed by atoms with E-state index >= 15 is 0 Å². The summed E-state index contributed by atoms with van der Waals surface area (Å²) in [5.74, 6) is -0.412. The minimum Gasteiger partial charge on any atom is -0.322 e. The van der Waals surface area contributed by atoms with Gasteiger partial charge in [-0.3, -0.25) is 9.59 Å². The van der Waals surface area contributed by atoms with Crippen LogP contribution in [-0.4, -0.2) is 10.9 Å². The van der Waals surface area contributed by atoms with E-state index in [-0.39, 0.29) is 5.56 Å². The third kappa shape index (κ3) is 3.27. The molecule has 0 bridgehead atoms. The maximum Gasteiger partial charge on any atom is 0.261 e. The van der Waals surface area contributed by atoms with Crippen molar-refractivity contribution in [1.29, 1.82) is 0 Å². The number of amides is 1. The van der Waals surface area contributed by atoms with Gasteiger partial charge in [0.1, 0.15) is 5.56 Å². The zero-order valence-corrected chi connectivity index (χ0v) is 13.6. The molecular weight excluding hydrogens is 300 g/mol. The van der Waals surface area contributed by atoms with Crippen LogP contribution in [0.2, 0.25) is 0 Å². The predicted octanol–water partition coefficient (Wildman–Crippen LogP) is 3.91. The molecule has 4 nitrogen and oxygen atoms in total. The smallest absolute Gasteiger partial charge is 0.261 e. The Morgan fingerprint density at radius 3 is 2.42 bits per heavy atom. The maximum absolute atomic E-state index is 12.4. The Morgan fingerprint density at radius 1 is 0.958 bits per heavy atom. The lowest BCUT2D eigenvalue weighted by molar-refractivity contribution is 0.102. The molecule has 0 radical (unpaired) electrons. The number of aromatic amines is 1. The van der Waals surface area contributed by atoms with Crippen LogP contribution in [0.1, 0.15) is 21.5 Å². The normalized spacial score (nSPS) is 10.4. The number of pyridine rings is 1. The molecule has 0 aliphatic heterocycles. The van der Waals surface area contributed by atoms with Gasteiger partial charge in [0, 0.05) is 11.4 Å². The van der Waals surface area contributed by atoms with Gasteiger partial charge in [-0.25, -0.2) is 0 Å². The van der Waals surface area contributed by atoms with Gasteiger partial charge in [-0.15, -0.1) is 0 Å². The lowest BCUT2D eigenvalue weighted by Crippen LogP contribution is -2.23. The number of hydrogen-bond acceptors (Lipinski definition) is 2. The van der Waals surface area contributed by atoms with Gasteiger partial charge in [0.2, 0.25) is 0 Å². The van der Waals surface area contributed by atoms with E-state index in [2.05, 4.69) is 10.3 Å². The molecule has 120 valence electrons. The lowest BCUT2D eigenvalue weighted by atomic mass is 10.1. The molecule has 2 N–H and O–H groups in total. The van der Waals surface area contributed by atoms with Crippen molar-refractivity contribution in [2.45, 2.75) is 13.8 Å². The number of carbonyl (C=O) groups excluding carboxylic acids is 1. The summed E-state index contributed by atoms with van der Waals surface area (Å²) in [7, 11) is 0. The Kier molecular flexibility index (Phi) is 4.29. The molecule has 3 aromatic rings. The lowest BCUT2D eigenvalue weighted by Gasteiger charge is -2.09. The standard InChI is InChI=1S/C20H18N2O2/c1-13-8-9-14(2)18(12-13)22-20(24)16-10-11-17(21-19(16)23)15-6-4-3-5-7-15/h3-12H,1-2H3,(H,21,23)(H,22,24). The molecule has 0 unspecified atom stereocenters. The number of aryl methyl sites for hydroxylation is 2. The highest BCUT2D eigenvalue weighted by Crippen LogP contribution is 2.18. The zero-order chi connectivity index (χ0) is 17.1. The second kappa shape index (κ2) is 6.54. The predicted molar refractivity (Wildman–Crippen MR) is 96.4 cm³/mol. The zero-order valence-electron chi connectivity index (χ0n) is 13.6. The SMILES string of the molecule is Cc1ccc(C)c(NC(=O)c2ccc(-c3ccccc3)[nH]c2=O)c1. The third-order valence-corrected chi connectivity index (χ3v) is 3.88. The van der Waals surface area contributed by atoms with E-state index in [0.29, 0.717) is 11.4 Å². The second-order valence-electron chi connectivity index (χ2n) is 5.75. The molecule has 1 heterocycles. The molecule has 0 saturated carbocycles. The number of benzene rings is 2. The molecular formula is C20H18N2O2. The summed E-state index contributed by atoms with van der Waals surface area (Å²) in [6.45, 7) is 3.87. The summed E-state index contributed by atoms with van der Waals surface area (Å²) in [6, 6.07) is 18.6. The first-order chi connectivity index (χ1) is 11.5. The first-order valence-electron chi connectivity index (χ1n) is 7.72. The van der Waals surface area contributed by atoms with Crippen LogP contribution >= 0.6 is 0 Å². The van der Waals surface area contributed by atoms with E-state index in [0.717, 1.165) is 16.7 Å². The van der Waals surface area contributed by atoms with Crippen LogP contribution in [0.4, 0.5) is 5.69 Å². The topological polar surface area (TPSA) is 62.0 Å². The van der Waals surface area contributed by atoms with E-state index in [1.807, 2.05) is 62.4 Å². The first kappa shape index (κ1) is 15.7. The van der Waals surface area contributed by atoms with Gasteiger partial charge in [0.25, 0.3) is 11.5 Å². The summed E-state index contributed by atoms with van der Waals surface area (Å²) in [4.78, 5) is 27.5. The number of nitrogens with one attached hydrogen (secondary N) is 2. The van der Waals surface area contributed by atoms with E-state index in [1.54, 1.807) is 12.1 Å². The van der Waals surface area contributed by atoms with Crippen molar-refractivity contribution in [2.24, 2.45) is 0 Å². The highest BCUT2D eigenvalue weighted by molar-refractivity contribution is 6.04. The van der Waals surface area contributed by atoms with Gasteiger partial charge < -0.3 is 10.3 Å².